The highest BCUT2D eigenvalue weighted by Crippen LogP contribution is 2.40. The molecule has 10 nitrogen and oxygen atoms in total. The van der Waals surface area contributed by atoms with E-state index in [0.29, 0.717) is 39.0 Å². The van der Waals surface area contributed by atoms with Crippen LogP contribution in [-0.2, 0) is 44.4 Å². The molecule has 4 heterocycles. The Hall–Kier alpha value is -3.67. The number of amides is 1. The Kier molecular flexibility index (Phi) is 6.30. The van der Waals surface area contributed by atoms with Crippen LogP contribution < -0.4 is 16.2 Å². The van der Waals surface area contributed by atoms with Crippen molar-refractivity contribution in [1.82, 2.24) is 20.2 Å². The number of aliphatic hydroxyl groups is 1. The molecule has 11 heteroatoms. The van der Waals surface area contributed by atoms with Crippen LogP contribution in [0.5, 0.6) is 0 Å². The van der Waals surface area contributed by atoms with E-state index in [1.165, 1.54) is 10.6 Å². The molecule has 3 aromatic rings. The summed E-state index contributed by atoms with van der Waals surface area (Å²) < 4.78 is 26.4. The number of rotatable bonds is 7. The van der Waals surface area contributed by atoms with Gasteiger partial charge in [0.1, 0.15) is 19.0 Å². The first-order valence-corrected chi connectivity index (χ1v) is 12.0. The number of aromatic nitrogens is 2. The third kappa shape index (κ3) is 3.99. The molecule has 0 bridgehead atoms. The molecular formula is C26H27FN4O6. The van der Waals surface area contributed by atoms with Crippen molar-refractivity contribution in [2.45, 2.75) is 45.6 Å². The molecule has 0 unspecified atom stereocenters. The van der Waals surface area contributed by atoms with Crippen molar-refractivity contribution in [3.05, 3.63) is 62.2 Å². The quantitative estimate of drug-likeness (QED) is 0.193. The Bertz CT molecular complexity index is 1520. The van der Waals surface area contributed by atoms with Crippen LogP contribution >= 0.6 is 0 Å². The normalized spacial score (nSPS) is 17.8. The van der Waals surface area contributed by atoms with Crippen LogP contribution in [0.15, 0.2) is 23.0 Å². The number of nitrogens with one attached hydrogen (secondary N) is 2. The second-order valence-corrected chi connectivity index (χ2v) is 9.26. The van der Waals surface area contributed by atoms with Crippen molar-refractivity contribution in [1.29, 1.82) is 0 Å². The Morgan fingerprint density at radius 1 is 1.30 bits per heavy atom. The van der Waals surface area contributed by atoms with E-state index < -0.39 is 22.9 Å². The van der Waals surface area contributed by atoms with Crippen LogP contribution in [0.25, 0.3) is 22.3 Å². The van der Waals surface area contributed by atoms with Gasteiger partial charge in [-0.3, -0.25) is 14.9 Å². The predicted molar refractivity (Wildman–Crippen MR) is 131 cm³/mol. The number of pyridine rings is 2. The van der Waals surface area contributed by atoms with Crippen LogP contribution in [0, 0.1) is 12.7 Å². The van der Waals surface area contributed by atoms with E-state index in [4.69, 9.17) is 9.47 Å². The summed E-state index contributed by atoms with van der Waals surface area (Å²) in [6, 6.07) is 4.60. The number of hydrogen-bond acceptors (Lipinski definition) is 8. The van der Waals surface area contributed by atoms with E-state index in [1.54, 1.807) is 33.0 Å². The average Bonchev–Trinajstić information content (AvgIpc) is 3.24. The van der Waals surface area contributed by atoms with E-state index in [-0.39, 0.29) is 56.5 Å². The van der Waals surface area contributed by atoms with Crippen molar-refractivity contribution in [2.75, 3.05) is 20.4 Å². The molecule has 0 spiro atoms. The third-order valence-electron chi connectivity index (χ3n) is 7.03. The lowest BCUT2D eigenvalue weighted by molar-refractivity contribution is -0.172. The van der Waals surface area contributed by atoms with Crippen molar-refractivity contribution in [3.8, 4) is 11.4 Å². The minimum atomic E-state index is -1.95. The van der Waals surface area contributed by atoms with Crippen molar-refractivity contribution < 1.29 is 28.6 Å². The number of hydrogen-bond donors (Lipinski definition) is 3. The number of halogens is 1. The number of benzene rings is 1. The zero-order valence-electron chi connectivity index (χ0n) is 20.7. The van der Waals surface area contributed by atoms with E-state index in [9.17, 15) is 23.9 Å². The van der Waals surface area contributed by atoms with Crippen molar-refractivity contribution in [2.24, 2.45) is 0 Å². The summed E-state index contributed by atoms with van der Waals surface area (Å²) in [6.07, 6.45) is 0.0249. The maximum atomic E-state index is 14.5. The Labute approximate surface area is 211 Å². The Balaban J connectivity index is 1.66. The smallest absolute Gasteiger partial charge is 0.343 e. The number of cyclic esters (lactones) is 1. The number of aryl methyl sites for hydroxylation is 1. The molecule has 1 amide bonds. The van der Waals surface area contributed by atoms with Gasteiger partial charge in [0.05, 0.1) is 35.7 Å². The summed E-state index contributed by atoms with van der Waals surface area (Å²) in [5, 5.41) is 17.4. The van der Waals surface area contributed by atoms with Gasteiger partial charge in [-0.15, -0.1) is 0 Å². The highest BCUT2D eigenvalue weighted by molar-refractivity contribution is 5.90. The van der Waals surface area contributed by atoms with Gasteiger partial charge in [-0.1, -0.05) is 6.92 Å². The van der Waals surface area contributed by atoms with Crippen LogP contribution in [0.2, 0.25) is 0 Å². The predicted octanol–water partition coefficient (Wildman–Crippen LogP) is 1.34. The van der Waals surface area contributed by atoms with Gasteiger partial charge in [-0.25, -0.2) is 14.2 Å². The van der Waals surface area contributed by atoms with E-state index in [1.807, 2.05) is 0 Å². The first-order valence-electron chi connectivity index (χ1n) is 12.0. The van der Waals surface area contributed by atoms with Gasteiger partial charge in [-0.05, 0) is 43.7 Å². The summed E-state index contributed by atoms with van der Waals surface area (Å²) in [7, 11) is 1.70. The number of carbonyl (C=O) groups is 2. The Morgan fingerprint density at radius 3 is 2.81 bits per heavy atom. The highest BCUT2D eigenvalue weighted by atomic mass is 19.1. The SMILES string of the molecule is CC[C@@]1(O)C(=O)OCc2c1cc1n(c2=O)Cc2c-1nc1cc(F)c(C)cc1c2CNC(=O)COCNC. The standard InChI is InChI=1S/C26H27FN4O6/c1-4-26(35)18-6-21-23-16(9-31(21)24(33)17(18)10-37-25(26)34)15(8-29-22(32)11-36-12-28-3)14-5-13(2)19(27)7-20(14)30-23/h5-7,28,35H,4,8-12H2,1-3H3,(H,29,32)/t26-/m0/s1. The lowest BCUT2D eigenvalue weighted by Crippen LogP contribution is -2.44. The summed E-state index contributed by atoms with van der Waals surface area (Å²) in [5.74, 6) is -1.57. The highest BCUT2D eigenvalue weighted by Gasteiger charge is 2.45. The molecule has 2 aliphatic heterocycles. The van der Waals surface area contributed by atoms with Gasteiger partial charge in [0.2, 0.25) is 5.91 Å². The fourth-order valence-corrected chi connectivity index (χ4v) is 4.98. The average molecular weight is 511 g/mol. The molecule has 5 rings (SSSR count). The third-order valence-corrected chi connectivity index (χ3v) is 7.03. The molecular weight excluding hydrogens is 483 g/mol. The molecule has 0 radical (unpaired) electrons. The summed E-state index contributed by atoms with van der Waals surface area (Å²) in [6.45, 7) is 3.39. The van der Waals surface area contributed by atoms with Gasteiger partial charge in [-0.2, -0.15) is 0 Å². The van der Waals surface area contributed by atoms with Crippen LogP contribution in [-0.4, -0.2) is 46.9 Å². The zero-order chi connectivity index (χ0) is 26.5. The fraction of sp³-hybridized carbons (Fsp3) is 0.385. The lowest BCUT2D eigenvalue weighted by Gasteiger charge is -2.31. The summed E-state index contributed by atoms with van der Waals surface area (Å²) in [5.41, 5.74) is 1.09. The van der Waals surface area contributed by atoms with Crippen LogP contribution in [0.1, 0.15) is 41.2 Å². The first-order chi connectivity index (χ1) is 17.7. The van der Waals surface area contributed by atoms with Gasteiger partial charge in [0, 0.05) is 29.1 Å². The molecule has 2 aliphatic rings. The number of ether oxygens (including phenoxy) is 2. The van der Waals surface area contributed by atoms with E-state index in [2.05, 4.69) is 15.6 Å². The number of carbonyl (C=O) groups excluding carboxylic acids is 2. The van der Waals surface area contributed by atoms with Crippen molar-refractivity contribution in [3.63, 3.8) is 0 Å². The minimum absolute atomic E-state index is 0.0249. The summed E-state index contributed by atoms with van der Waals surface area (Å²) >= 11 is 0. The Morgan fingerprint density at radius 2 is 2.08 bits per heavy atom. The molecule has 194 valence electrons. The molecule has 0 aliphatic carbocycles. The summed E-state index contributed by atoms with van der Waals surface area (Å²) in [4.78, 5) is 43.0. The fourth-order valence-electron chi connectivity index (χ4n) is 4.98. The molecule has 1 atom stereocenters. The van der Waals surface area contributed by atoms with Gasteiger partial charge in [0.25, 0.3) is 5.56 Å². The largest absolute Gasteiger partial charge is 0.458 e. The molecule has 0 saturated carbocycles. The molecule has 3 N–H and O–H groups in total. The maximum Gasteiger partial charge on any atom is 0.343 e. The monoisotopic (exact) mass is 510 g/mol. The number of fused-ring (bicyclic) bond motifs is 5. The number of nitrogens with zero attached hydrogens (tertiary/aromatic N) is 2. The first kappa shape index (κ1) is 25.0. The van der Waals surface area contributed by atoms with Gasteiger partial charge >= 0.3 is 5.97 Å². The second kappa shape index (κ2) is 9.33. The van der Waals surface area contributed by atoms with Crippen LogP contribution in [0.3, 0.4) is 0 Å². The molecule has 2 aromatic heterocycles. The second-order valence-electron chi connectivity index (χ2n) is 9.26. The maximum absolute atomic E-state index is 14.5. The zero-order valence-corrected chi connectivity index (χ0v) is 20.7. The van der Waals surface area contributed by atoms with Crippen LogP contribution in [0.4, 0.5) is 4.39 Å². The van der Waals surface area contributed by atoms with Crippen molar-refractivity contribution >= 4 is 22.8 Å². The number of esters is 1. The van der Waals surface area contributed by atoms with Gasteiger partial charge < -0.3 is 24.5 Å². The minimum Gasteiger partial charge on any atom is -0.458 e. The van der Waals surface area contributed by atoms with Gasteiger partial charge in [0.15, 0.2) is 5.60 Å². The molecule has 1 aromatic carbocycles. The molecule has 0 saturated heterocycles. The van der Waals surface area contributed by atoms with E-state index >= 15 is 0 Å². The molecule has 0 fully saturated rings. The molecule has 37 heavy (non-hydrogen) atoms. The van der Waals surface area contributed by atoms with E-state index in [0.717, 1.165) is 0 Å². The topological polar surface area (TPSA) is 132 Å². The lowest BCUT2D eigenvalue weighted by atomic mass is 9.86.